The maximum absolute atomic E-state index is 12.9. The molecular weight excluding hydrogens is 344 g/mol. The molecule has 0 bridgehead atoms. The van der Waals surface area contributed by atoms with Crippen molar-refractivity contribution >= 4 is 17.0 Å². The Kier molecular flexibility index (Phi) is 4.75. The fourth-order valence-electron chi connectivity index (χ4n) is 3.59. The van der Waals surface area contributed by atoms with Gasteiger partial charge in [-0.25, -0.2) is 9.67 Å². The van der Waals surface area contributed by atoms with Crippen LogP contribution in [0.15, 0.2) is 41.3 Å². The van der Waals surface area contributed by atoms with Crippen LogP contribution in [0.25, 0.3) is 16.7 Å². The predicted octanol–water partition coefficient (Wildman–Crippen LogP) is 2.77. The van der Waals surface area contributed by atoms with Crippen molar-refractivity contribution in [1.82, 2.24) is 19.3 Å². The van der Waals surface area contributed by atoms with Crippen LogP contribution in [-0.4, -0.2) is 31.4 Å². The number of carbonyl (C=O) groups is 1. The molecule has 27 heavy (non-hydrogen) atoms. The van der Waals surface area contributed by atoms with E-state index in [0.717, 1.165) is 31.4 Å². The molecule has 140 valence electrons. The van der Waals surface area contributed by atoms with Crippen molar-refractivity contribution in [3.05, 3.63) is 52.7 Å². The summed E-state index contributed by atoms with van der Waals surface area (Å²) < 4.78 is 8.54. The topological polar surface area (TPSA) is 79.0 Å². The number of carbonyl (C=O) groups excluding carboxylic acids is 1. The fraction of sp³-hybridized carbons (Fsp3) is 0.400. The third kappa shape index (κ3) is 3.49. The van der Waals surface area contributed by atoms with E-state index in [-0.39, 0.29) is 24.2 Å². The molecule has 1 fully saturated rings. The molecule has 0 radical (unpaired) electrons. The number of rotatable bonds is 4. The SMILES string of the molecule is Cc1nc2c(cnn2-c2ccccc2)c(=O)n1CC(=O)OC1CCCCC1. The number of ether oxygens (including phenoxy) is 1. The number of esters is 1. The van der Waals surface area contributed by atoms with Crippen LogP contribution >= 0.6 is 0 Å². The zero-order valence-electron chi connectivity index (χ0n) is 15.3. The van der Waals surface area contributed by atoms with Gasteiger partial charge in [-0.05, 0) is 44.7 Å². The van der Waals surface area contributed by atoms with Crippen molar-refractivity contribution in [2.24, 2.45) is 0 Å². The summed E-state index contributed by atoms with van der Waals surface area (Å²) in [5.41, 5.74) is 1.04. The Morgan fingerprint density at radius 3 is 2.67 bits per heavy atom. The summed E-state index contributed by atoms with van der Waals surface area (Å²) in [5, 5.41) is 4.69. The number of nitrogens with zero attached hydrogens (tertiary/aromatic N) is 4. The molecule has 0 atom stereocenters. The molecule has 2 heterocycles. The number of hydrogen-bond acceptors (Lipinski definition) is 5. The van der Waals surface area contributed by atoms with Crippen LogP contribution in [0.2, 0.25) is 0 Å². The van der Waals surface area contributed by atoms with E-state index in [9.17, 15) is 9.59 Å². The Balaban J connectivity index is 1.62. The predicted molar refractivity (Wildman–Crippen MR) is 101 cm³/mol. The minimum atomic E-state index is -0.385. The van der Waals surface area contributed by atoms with Gasteiger partial charge in [0.25, 0.3) is 5.56 Å². The lowest BCUT2D eigenvalue weighted by Gasteiger charge is -2.22. The molecule has 0 spiro atoms. The van der Waals surface area contributed by atoms with Gasteiger partial charge in [0.15, 0.2) is 5.65 Å². The highest BCUT2D eigenvalue weighted by Gasteiger charge is 2.20. The van der Waals surface area contributed by atoms with Gasteiger partial charge in [-0.3, -0.25) is 14.2 Å². The van der Waals surface area contributed by atoms with Gasteiger partial charge in [-0.1, -0.05) is 24.6 Å². The molecule has 1 saturated carbocycles. The highest BCUT2D eigenvalue weighted by atomic mass is 16.5. The molecule has 0 saturated heterocycles. The molecule has 3 aromatic rings. The maximum Gasteiger partial charge on any atom is 0.326 e. The molecule has 1 aliphatic carbocycles. The highest BCUT2D eigenvalue weighted by molar-refractivity contribution is 5.76. The monoisotopic (exact) mass is 366 g/mol. The van der Waals surface area contributed by atoms with Crippen LogP contribution in [0.5, 0.6) is 0 Å². The molecule has 0 aliphatic heterocycles. The molecule has 1 aromatic carbocycles. The first-order valence-corrected chi connectivity index (χ1v) is 9.33. The molecule has 7 heteroatoms. The van der Waals surface area contributed by atoms with Crippen molar-refractivity contribution < 1.29 is 9.53 Å². The van der Waals surface area contributed by atoms with Gasteiger partial charge in [0, 0.05) is 0 Å². The highest BCUT2D eigenvalue weighted by Crippen LogP contribution is 2.20. The number of aryl methyl sites for hydroxylation is 1. The lowest BCUT2D eigenvalue weighted by Crippen LogP contribution is -2.30. The number of para-hydroxylation sites is 1. The summed E-state index contributed by atoms with van der Waals surface area (Å²) >= 11 is 0. The zero-order valence-corrected chi connectivity index (χ0v) is 15.3. The largest absolute Gasteiger partial charge is 0.461 e. The average Bonchev–Trinajstić information content (AvgIpc) is 3.10. The summed E-state index contributed by atoms with van der Waals surface area (Å²) in [4.78, 5) is 29.7. The molecule has 7 nitrogen and oxygen atoms in total. The number of benzene rings is 1. The second-order valence-corrected chi connectivity index (χ2v) is 6.93. The van der Waals surface area contributed by atoms with Crippen molar-refractivity contribution in [2.75, 3.05) is 0 Å². The van der Waals surface area contributed by atoms with Crippen LogP contribution in [0.3, 0.4) is 0 Å². The number of aromatic nitrogens is 4. The van der Waals surface area contributed by atoms with Gasteiger partial charge in [-0.15, -0.1) is 0 Å². The lowest BCUT2D eigenvalue weighted by molar-refractivity contribution is -0.151. The third-order valence-corrected chi connectivity index (χ3v) is 5.02. The quantitative estimate of drug-likeness (QED) is 0.664. The van der Waals surface area contributed by atoms with E-state index in [1.165, 1.54) is 17.2 Å². The summed E-state index contributed by atoms with van der Waals surface area (Å²) in [6.45, 7) is 1.59. The van der Waals surface area contributed by atoms with Crippen LogP contribution < -0.4 is 5.56 Å². The Labute approximate surface area is 156 Å². The normalized spacial score (nSPS) is 15.1. The second kappa shape index (κ2) is 7.34. The zero-order chi connectivity index (χ0) is 18.8. The molecule has 2 aromatic heterocycles. The van der Waals surface area contributed by atoms with Crippen molar-refractivity contribution in [3.8, 4) is 5.69 Å². The fourth-order valence-corrected chi connectivity index (χ4v) is 3.59. The molecular formula is C20H22N4O3. The van der Waals surface area contributed by atoms with Crippen molar-refractivity contribution in [2.45, 2.75) is 51.7 Å². The Morgan fingerprint density at radius 1 is 1.19 bits per heavy atom. The first-order valence-electron chi connectivity index (χ1n) is 9.33. The van der Waals surface area contributed by atoms with Gasteiger partial charge in [0.1, 0.15) is 23.9 Å². The summed E-state index contributed by atoms with van der Waals surface area (Å²) in [7, 11) is 0. The summed E-state index contributed by atoms with van der Waals surface area (Å²) in [5.74, 6) is 0.0782. The number of hydrogen-bond donors (Lipinski definition) is 0. The van der Waals surface area contributed by atoms with Gasteiger partial charge in [-0.2, -0.15) is 5.10 Å². The third-order valence-electron chi connectivity index (χ3n) is 5.02. The maximum atomic E-state index is 12.9. The van der Waals surface area contributed by atoms with E-state index in [1.807, 2.05) is 30.3 Å². The lowest BCUT2D eigenvalue weighted by atomic mass is 9.98. The van der Waals surface area contributed by atoms with E-state index >= 15 is 0 Å². The van der Waals surface area contributed by atoms with Crippen LogP contribution in [-0.2, 0) is 16.1 Å². The van der Waals surface area contributed by atoms with Gasteiger partial charge in [0.05, 0.1) is 11.9 Å². The summed E-state index contributed by atoms with van der Waals surface area (Å²) in [6.07, 6.45) is 6.65. The first-order chi connectivity index (χ1) is 13.1. The number of fused-ring (bicyclic) bond motifs is 1. The van der Waals surface area contributed by atoms with E-state index < -0.39 is 0 Å². The van der Waals surface area contributed by atoms with E-state index in [2.05, 4.69) is 10.1 Å². The van der Waals surface area contributed by atoms with Gasteiger partial charge >= 0.3 is 5.97 Å². The first kappa shape index (κ1) is 17.5. The van der Waals surface area contributed by atoms with E-state index in [4.69, 9.17) is 4.74 Å². The Morgan fingerprint density at radius 2 is 1.93 bits per heavy atom. The Bertz CT molecular complexity index is 1020. The van der Waals surface area contributed by atoms with Crippen LogP contribution in [0.4, 0.5) is 0 Å². The average molecular weight is 366 g/mol. The minimum absolute atomic E-state index is 0.0280. The van der Waals surface area contributed by atoms with Crippen molar-refractivity contribution in [3.63, 3.8) is 0 Å². The van der Waals surface area contributed by atoms with Crippen LogP contribution in [0, 0.1) is 6.92 Å². The molecule has 1 aliphatic rings. The standard InChI is InChI=1S/C20H22N4O3/c1-14-22-19-17(12-21-24(19)15-8-4-2-5-9-15)20(26)23(14)13-18(25)27-16-10-6-3-7-11-16/h2,4-5,8-9,12,16H,3,6-7,10-11,13H2,1H3. The van der Waals surface area contributed by atoms with Gasteiger partial charge < -0.3 is 4.74 Å². The van der Waals surface area contributed by atoms with Gasteiger partial charge in [0.2, 0.25) is 0 Å². The van der Waals surface area contributed by atoms with E-state index in [1.54, 1.807) is 11.6 Å². The molecule has 0 unspecified atom stereocenters. The van der Waals surface area contributed by atoms with Crippen molar-refractivity contribution in [1.29, 1.82) is 0 Å². The smallest absolute Gasteiger partial charge is 0.326 e. The summed E-state index contributed by atoms with van der Waals surface area (Å²) in [6, 6.07) is 9.52. The molecule has 4 rings (SSSR count). The van der Waals surface area contributed by atoms with E-state index in [0.29, 0.717) is 16.9 Å². The molecule has 0 amide bonds. The molecule has 0 N–H and O–H groups in total. The Hall–Kier alpha value is -2.96. The minimum Gasteiger partial charge on any atom is -0.461 e. The van der Waals surface area contributed by atoms with Crippen LogP contribution in [0.1, 0.15) is 37.9 Å². The second-order valence-electron chi connectivity index (χ2n) is 6.93.